The van der Waals surface area contributed by atoms with Gasteiger partial charge in [-0.1, -0.05) is 23.5 Å². The number of benzene rings is 2. The third-order valence-corrected chi connectivity index (χ3v) is 4.81. The van der Waals surface area contributed by atoms with E-state index in [4.69, 9.17) is 0 Å². The Labute approximate surface area is 148 Å². The van der Waals surface area contributed by atoms with Gasteiger partial charge in [0.15, 0.2) is 5.13 Å². The highest BCUT2D eigenvalue weighted by molar-refractivity contribution is 7.22. The zero-order chi connectivity index (χ0) is 18.0. The van der Waals surface area contributed by atoms with E-state index in [0.717, 1.165) is 21.3 Å². The van der Waals surface area contributed by atoms with Crippen molar-refractivity contribution in [1.29, 1.82) is 0 Å². The summed E-state index contributed by atoms with van der Waals surface area (Å²) < 4.78 is 1.06. The van der Waals surface area contributed by atoms with Gasteiger partial charge in [-0.2, -0.15) is 0 Å². The summed E-state index contributed by atoms with van der Waals surface area (Å²) in [5.74, 6) is -0.298. The summed E-state index contributed by atoms with van der Waals surface area (Å²) in [7, 11) is 0. The monoisotopic (exact) mass is 353 g/mol. The number of hydrogen-bond donors (Lipinski definition) is 1. The summed E-state index contributed by atoms with van der Waals surface area (Å²) in [6.45, 7) is 4.00. The molecule has 0 aliphatic heterocycles. The van der Waals surface area contributed by atoms with Crippen LogP contribution < -0.4 is 5.32 Å². The quantitative estimate of drug-likeness (QED) is 0.426. The van der Waals surface area contributed by atoms with Gasteiger partial charge in [-0.15, -0.1) is 0 Å². The van der Waals surface area contributed by atoms with Crippen LogP contribution in [-0.2, 0) is 4.79 Å². The van der Waals surface area contributed by atoms with Crippen LogP contribution in [0.2, 0.25) is 0 Å². The average molecular weight is 353 g/mol. The second-order valence-corrected chi connectivity index (χ2v) is 6.57. The van der Waals surface area contributed by atoms with Crippen LogP contribution in [0.4, 0.5) is 10.8 Å². The number of aryl methyl sites for hydroxylation is 2. The minimum Gasteiger partial charge on any atom is -0.298 e. The molecule has 3 aromatic rings. The Morgan fingerprint density at radius 1 is 1.16 bits per heavy atom. The van der Waals surface area contributed by atoms with Crippen LogP contribution in [0.15, 0.2) is 42.5 Å². The first kappa shape index (κ1) is 16.8. The first-order chi connectivity index (χ1) is 11.9. The molecule has 0 saturated heterocycles. The largest absolute Gasteiger partial charge is 0.298 e. The second kappa shape index (κ2) is 6.82. The van der Waals surface area contributed by atoms with Crippen molar-refractivity contribution in [2.45, 2.75) is 13.8 Å². The lowest BCUT2D eigenvalue weighted by Crippen LogP contribution is -2.07. The number of nitro groups is 1. The first-order valence-corrected chi connectivity index (χ1v) is 8.36. The number of amides is 1. The Kier molecular flexibility index (Phi) is 4.58. The summed E-state index contributed by atoms with van der Waals surface area (Å²) in [4.78, 5) is 26.7. The number of rotatable bonds is 4. The highest BCUT2D eigenvalue weighted by atomic mass is 32.1. The lowest BCUT2D eigenvalue weighted by Gasteiger charge is -1.96. The molecule has 0 radical (unpaired) electrons. The van der Waals surface area contributed by atoms with Gasteiger partial charge >= 0.3 is 0 Å². The van der Waals surface area contributed by atoms with E-state index < -0.39 is 4.92 Å². The molecule has 0 spiro atoms. The van der Waals surface area contributed by atoms with Gasteiger partial charge in [0, 0.05) is 18.2 Å². The Morgan fingerprint density at radius 2 is 1.84 bits per heavy atom. The lowest BCUT2D eigenvalue weighted by atomic mass is 10.1. The number of nitrogens with one attached hydrogen (secondary N) is 1. The molecular formula is C18H15N3O3S. The number of anilines is 1. The van der Waals surface area contributed by atoms with Gasteiger partial charge in [0.1, 0.15) is 0 Å². The number of carbonyl (C=O) groups excluding carboxylic acids is 1. The molecule has 7 heteroatoms. The maximum absolute atomic E-state index is 12.1. The van der Waals surface area contributed by atoms with Crippen LogP contribution in [0.25, 0.3) is 16.3 Å². The van der Waals surface area contributed by atoms with Crippen molar-refractivity contribution in [1.82, 2.24) is 4.98 Å². The Balaban J connectivity index is 1.73. The fourth-order valence-corrected chi connectivity index (χ4v) is 3.35. The Bertz CT molecular complexity index is 952. The highest BCUT2D eigenvalue weighted by Gasteiger charge is 2.10. The summed E-state index contributed by atoms with van der Waals surface area (Å²) in [5.41, 5.74) is 3.82. The number of nitro benzene ring substituents is 1. The summed E-state index contributed by atoms with van der Waals surface area (Å²) >= 11 is 1.44. The molecule has 25 heavy (non-hydrogen) atoms. The topological polar surface area (TPSA) is 85.1 Å². The summed E-state index contributed by atoms with van der Waals surface area (Å²) in [6, 6.07) is 10.0. The maximum Gasteiger partial charge on any atom is 0.269 e. The normalized spacial score (nSPS) is 11.1. The van der Waals surface area contributed by atoms with E-state index in [9.17, 15) is 14.9 Å². The zero-order valence-corrected chi connectivity index (χ0v) is 14.5. The third-order valence-electron chi connectivity index (χ3n) is 3.70. The molecule has 1 amide bonds. The smallest absolute Gasteiger partial charge is 0.269 e. The van der Waals surface area contributed by atoms with Gasteiger partial charge in [0.25, 0.3) is 5.69 Å². The van der Waals surface area contributed by atoms with E-state index in [1.165, 1.54) is 29.5 Å². The van der Waals surface area contributed by atoms with Gasteiger partial charge in [-0.3, -0.25) is 20.2 Å². The van der Waals surface area contributed by atoms with Gasteiger partial charge in [-0.05, 0) is 48.7 Å². The van der Waals surface area contributed by atoms with E-state index in [-0.39, 0.29) is 11.6 Å². The van der Waals surface area contributed by atoms with Crippen molar-refractivity contribution in [3.63, 3.8) is 0 Å². The number of carbonyl (C=O) groups is 1. The molecule has 0 bridgehead atoms. The average Bonchev–Trinajstić information content (AvgIpc) is 3.02. The molecule has 0 aliphatic rings. The van der Waals surface area contributed by atoms with E-state index in [0.29, 0.717) is 10.7 Å². The molecule has 1 N–H and O–H groups in total. The zero-order valence-electron chi connectivity index (χ0n) is 13.6. The van der Waals surface area contributed by atoms with E-state index in [1.54, 1.807) is 18.2 Å². The molecular weight excluding hydrogens is 338 g/mol. The number of hydrogen-bond acceptors (Lipinski definition) is 5. The number of nitrogens with zero attached hydrogens (tertiary/aromatic N) is 2. The number of aromatic nitrogens is 1. The summed E-state index contributed by atoms with van der Waals surface area (Å²) in [5, 5.41) is 13.9. The molecule has 1 aromatic heterocycles. The molecule has 0 atom stereocenters. The first-order valence-electron chi connectivity index (χ1n) is 7.54. The van der Waals surface area contributed by atoms with Crippen molar-refractivity contribution in [2.24, 2.45) is 0 Å². The molecule has 0 saturated carbocycles. The predicted octanol–water partition coefficient (Wildman–Crippen LogP) is 4.47. The Morgan fingerprint density at radius 3 is 2.48 bits per heavy atom. The molecule has 1 heterocycles. The fourth-order valence-electron chi connectivity index (χ4n) is 2.34. The van der Waals surface area contributed by atoms with Crippen LogP contribution in [0, 0.1) is 24.0 Å². The number of non-ortho nitro benzene ring substituents is 1. The molecule has 0 aliphatic carbocycles. The van der Waals surface area contributed by atoms with E-state index in [1.807, 2.05) is 26.0 Å². The Hall–Kier alpha value is -3.06. The van der Waals surface area contributed by atoms with Crippen molar-refractivity contribution in [3.8, 4) is 0 Å². The van der Waals surface area contributed by atoms with Crippen LogP contribution in [0.3, 0.4) is 0 Å². The highest BCUT2D eigenvalue weighted by Crippen LogP contribution is 2.30. The van der Waals surface area contributed by atoms with Crippen molar-refractivity contribution in [3.05, 3.63) is 69.3 Å². The van der Waals surface area contributed by atoms with E-state index >= 15 is 0 Å². The molecule has 2 aromatic carbocycles. The van der Waals surface area contributed by atoms with Gasteiger partial charge in [0.2, 0.25) is 5.91 Å². The standard InChI is InChI=1S/C18H15N3O3S/c1-11-3-4-12(2)17-16(11)20-18(25-17)19-15(22)10-7-13-5-8-14(9-6-13)21(23)24/h3-10H,1-2H3,(H,19,20,22)/b10-7-. The van der Waals surface area contributed by atoms with Crippen LogP contribution in [0.5, 0.6) is 0 Å². The SMILES string of the molecule is Cc1ccc(C)c2sc(NC(=O)/C=C\c3ccc([N+](=O)[O-])cc3)nc12. The van der Waals surface area contributed by atoms with Crippen molar-refractivity contribution >= 4 is 44.4 Å². The molecule has 6 nitrogen and oxygen atoms in total. The minimum atomic E-state index is -0.461. The molecule has 0 fully saturated rings. The van der Waals surface area contributed by atoms with Gasteiger partial charge in [0.05, 0.1) is 15.1 Å². The molecule has 126 valence electrons. The van der Waals surface area contributed by atoms with Crippen LogP contribution in [-0.4, -0.2) is 15.8 Å². The maximum atomic E-state index is 12.1. The van der Waals surface area contributed by atoms with Gasteiger partial charge < -0.3 is 0 Å². The second-order valence-electron chi connectivity index (χ2n) is 5.57. The van der Waals surface area contributed by atoms with E-state index in [2.05, 4.69) is 10.3 Å². The third kappa shape index (κ3) is 3.72. The van der Waals surface area contributed by atoms with Crippen LogP contribution >= 0.6 is 11.3 Å². The molecule has 0 unspecified atom stereocenters. The predicted molar refractivity (Wildman–Crippen MR) is 99.9 cm³/mol. The fraction of sp³-hybridized carbons (Fsp3) is 0.111. The number of thiazole rings is 1. The minimum absolute atomic E-state index is 0.0156. The summed E-state index contributed by atoms with van der Waals surface area (Å²) in [6.07, 6.45) is 2.98. The number of fused-ring (bicyclic) bond motifs is 1. The molecule has 3 rings (SSSR count). The van der Waals surface area contributed by atoms with Gasteiger partial charge in [-0.25, -0.2) is 4.98 Å². The lowest BCUT2D eigenvalue weighted by molar-refractivity contribution is -0.384. The van der Waals surface area contributed by atoms with Crippen molar-refractivity contribution in [2.75, 3.05) is 5.32 Å². The van der Waals surface area contributed by atoms with Crippen LogP contribution in [0.1, 0.15) is 16.7 Å². The van der Waals surface area contributed by atoms with Crippen molar-refractivity contribution < 1.29 is 9.72 Å².